The Morgan fingerprint density at radius 2 is 1.73 bits per heavy atom. The van der Waals surface area contributed by atoms with E-state index in [9.17, 15) is 9.59 Å². The maximum atomic E-state index is 13.3. The van der Waals surface area contributed by atoms with Crippen LogP contribution in [0.1, 0.15) is 66.0 Å². The standard InChI is InChI=1S/C24H34N4O4S/c1-16-20-22(32-3)25-18(15-31-2)26-23(20)33-21(16)24(30)28-13-11-27(12-14-28)19(29)10-9-17-7-5-4-6-8-17/h17H,4-15H2,1-3H3. The SMILES string of the molecule is COCc1nc(OC)c2c(C)c(C(=O)N3CCN(C(=O)CCC4CCCCC4)CC3)sc2n1. The molecule has 0 aromatic carbocycles. The smallest absolute Gasteiger partial charge is 0.264 e. The van der Waals surface area contributed by atoms with Gasteiger partial charge in [-0.25, -0.2) is 4.98 Å². The minimum Gasteiger partial charge on any atom is -0.480 e. The summed E-state index contributed by atoms with van der Waals surface area (Å²) >= 11 is 1.37. The summed E-state index contributed by atoms with van der Waals surface area (Å²) in [6.07, 6.45) is 8.14. The van der Waals surface area contributed by atoms with Gasteiger partial charge in [0, 0.05) is 39.7 Å². The number of nitrogens with zero attached hydrogens (tertiary/aromatic N) is 4. The van der Waals surface area contributed by atoms with Gasteiger partial charge in [0.2, 0.25) is 11.8 Å². The first kappa shape index (κ1) is 23.9. The molecule has 1 aliphatic carbocycles. The van der Waals surface area contributed by atoms with Crippen LogP contribution in [0, 0.1) is 12.8 Å². The number of rotatable bonds is 7. The zero-order valence-corrected chi connectivity index (χ0v) is 20.7. The van der Waals surface area contributed by atoms with Crippen LogP contribution in [0.3, 0.4) is 0 Å². The van der Waals surface area contributed by atoms with Crippen LogP contribution in [-0.4, -0.2) is 72.0 Å². The molecule has 33 heavy (non-hydrogen) atoms. The molecule has 2 aromatic rings. The van der Waals surface area contributed by atoms with Crippen LogP contribution in [0.2, 0.25) is 0 Å². The number of ether oxygens (including phenoxy) is 2. The second kappa shape index (κ2) is 10.8. The number of fused-ring (bicyclic) bond motifs is 1. The van der Waals surface area contributed by atoms with Crippen molar-refractivity contribution in [3.05, 3.63) is 16.3 Å². The van der Waals surface area contributed by atoms with E-state index in [2.05, 4.69) is 9.97 Å². The summed E-state index contributed by atoms with van der Waals surface area (Å²) in [5.74, 6) is 1.93. The number of aryl methyl sites for hydroxylation is 1. The summed E-state index contributed by atoms with van der Waals surface area (Å²) in [5.41, 5.74) is 0.840. The van der Waals surface area contributed by atoms with Crippen molar-refractivity contribution in [3.63, 3.8) is 0 Å². The monoisotopic (exact) mass is 474 g/mol. The molecular formula is C24H34N4O4S. The molecule has 3 heterocycles. The Hall–Kier alpha value is -2.26. The maximum absolute atomic E-state index is 13.3. The fourth-order valence-corrected chi connectivity index (χ4v) is 6.11. The van der Waals surface area contributed by atoms with Crippen LogP contribution in [-0.2, 0) is 16.1 Å². The lowest BCUT2D eigenvalue weighted by atomic mass is 9.86. The van der Waals surface area contributed by atoms with Gasteiger partial charge in [-0.1, -0.05) is 32.1 Å². The summed E-state index contributed by atoms with van der Waals surface area (Å²) in [6, 6.07) is 0. The quantitative estimate of drug-likeness (QED) is 0.607. The number of thiophene rings is 1. The lowest BCUT2D eigenvalue weighted by Crippen LogP contribution is -2.50. The third-order valence-electron chi connectivity index (χ3n) is 6.88. The first-order chi connectivity index (χ1) is 16.0. The van der Waals surface area contributed by atoms with E-state index in [0.29, 0.717) is 55.1 Å². The van der Waals surface area contributed by atoms with E-state index in [4.69, 9.17) is 9.47 Å². The molecular weight excluding hydrogens is 440 g/mol. The van der Waals surface area contributed by atoms with Crippen molar-refractivity contribution in [3.8, 4) is 5.88 Å². The van der Waals surface area contributed by atoms with Crippen LogP contribution in [0.5, 0.6) is 5.88 Å². The largest absolute Gasteiger partial charge is 0.480 e. The summed E-state index contributed by atoms with van der Waals surface area (Å²) < 4.78 is 10.6. The van der Waals surface area contributed by atoms with E-state index >= 15 is 0 Å². The number of aromatic nitrogens is 2. The normalized spacial score (nSPS) is 17.5. The molecule has 1 saturated heterocycles. The van der Waals surface area contributed by atoms with Crippen molar-refractivity contribution >= 4 is 33.4 Å². The zero-order valence-electron chi connectivity index (χ0n) is 19.9. The Bertz CT molecular complexity index is 994. The number of hydrogen-bond donors (Lipinski definition) is 0. The van der Waals surface area contributed by atoms with Gasteiger partial charge < -0.3 is 19.3 Å². The number of hydrogen-bond acceptors (Lipinski definition) is 7. The molecule has 8 nitrogen and oxygen atoms in total. The second-order valence-electron chi connectivity index (χ2n) is 9.03. The van der Waals surface area contributed by atoms with Gasteiger partial charge in [0.15, 0.2) is 5.82 Å². The molecule has 1 saturated carbocycles. The molecule has 0 radical (unpaired) electrons. The minimum absolute atomic E-state index is 0.0138. The summed E-state index contributed by atoms with van der Waals surface area (Å²) in [4.78, 5) is 40.2. The summed E-state index contributed by atoms with van der Waals surface area (Å²) in [7, 11) is 3.16. The first-order valence-corrected chi connectivity index (χ1v) is 12.7. The van der Waals surface area contributed by atoms with E-state index in [1.807, 2.05) is 16.7 Å². The summed E-state index contributed by atoms with van der Waals surface area (Å²) in [5, 5.41) is 0.780. The van der Waals surface area contributed by atoms with Crippen molar-refractivity contribution in [2.45, 2.75) is 58.5 Å². The highest BCUT2D eigenvalue weighted by Crippen LogP contribution is 2.36. The molecule has 1 aliphatic heterocycles. The van der Waals surface area contributed by atoms with Gasteiger partial charge in [0.25, 0.3) is 5.91 Å². The van der Waals surface area contributed by atoms with Gasteiger partial charge in [-0.15, -0.1) is 11.3 Å². The predicted octanol–water partition coefficient (Wildman–Crippen LogP) is 3.80. The average molecular weight is 475 g/mol. The third kappa shape index (κ3) is 5.30. The van der Waals surface area contributed by atoms with E-state index < -0.39 is 0 Å². The van der Waals surface area contributed by atoms with Crippen LogP contribution >= 0.6 is 11.3 Å². The topological polar surface area (TPSA) is 84.9 Å². The second-order valence-corrected chi connectivity index (χ2v) is 10.0. The Labute approximate surface area is 199 Å². The maximum Gasteiger partial charge on any atom is 0.264 e. The Morgan fingerprint density at radius 3 is 2.39 bits per heavy atom. The van der Waals surface area contributed by atoms with E-state index in [-0.39, 0.29) is 18.4 Å². The number of carbonyl (C=O) groups excluding carboxylic acids is 2. The van der Waals surface area contributed by atoms with Gasteiger partial charge in [-0.3, -0.25) is 9.59 Å². The Kier molecular flexibility index (Phi) is 7.80. The fourth-order valence-electron chi connectivity index (χ4n) is 4.95. The van der Waals surface area contributed by atoms with E-state index in [0.717, 1.165) is 22.2 Å². The molecule has 0 unspecified atom stereocenters. The molecule has 9 heteroatoms. The van der Waals surface area contributed by atoms with Crippen molar-refractivity contribution in [2.75, 3.05) is 40.4 Å². The lowest BCUT2D eigenvalue weighted by Gasteiger charge is -2.35. The first-order valence-electron chi connectivity index (χ1n) is 11.9. The molecule has 0 spiro atoms. The minimum atomic E-state index is -0.0138. The Balaban J connectivity index is 1.39. The third-order valence-corrected chi connectivity index (χ3v) is 8.05. The molecule has 0 N–H and O–H groups in total. The molecule has 2 aromatic heterocycles. The van der Waals surface area contributed by atoms with Gasteiger partial charge in [-0.05, 0) is 24.8 Å². The highest BCUT2D eigenvalue weighted by Gasteiger charge is 2.29. The number of amides is 2. The van der Waals surface area contributed by atoms with Crippen molar-refractivity contribution in [2.24, 2.45) is 5.92 Å². The predicted molar refractivity (Wildman–Crippen MR) is 128 cm³/mol. The molecule has 0 bridgehead atoms. The average Bonchev–Trinajstić information content (AvgIpc) is 3.18. The van der Waals surface area contributed by atoms with Crippen LogP contribution in [0.4, 0.5) is 0 Å². The molecule has 180 valence electrons. The fraction of sp³-hybridized carbons (Fsp3) is 0.667. The molecule has 4 rings (SSSR count). The molecule has 2 aliphatic rings. The van der Waals surface area contributed by atoms with E-state index in [1.54, 1.807) is 14.2 Å². The molecule has 0 atom stereocenters. The van der Waals surface area contributed by atoms with Crippen molar-refractivity contribution < 1.29 is 19.1 Å². The number of methoxy groups -OCH3 is 2. The van der Waals surface area contributed by atoms with Gasteiger partial charge in [0.1, 0.15) is 11.4 Å². The number of carbonyl (C=O) groups is 2. The van der Waals surface area contributed by atoms with Crippen LogP contribution in [0.15, 0.2) is 0 Å². The van der Waals surface area contributed by atoms with Crippen LogP contribution in [0.25, 0.3) is 10.2 Å². The van der Waals surface area contributed by atoms with E-state index in [1.165, 1.54) is 43.4 Å². The number of piperazine rings is 1. The van der Waals surface area contributed by atoms with Gasteiger partial charge in [-0.2, -0.15) is 4.98 Å². The van der Waals surface area contributed by atoms with Crippen LogP contribution < -0.4 is 4.74 Å². The Morgan fingerprint density at radius 1 is 1.03 bits per heavy atom. The van der Waals surface area contributed by atoms with Gasteiger partial charge >= 0.3 is 0 Å². The van der Waals surface area contributed by atoms with Crippen molar-refractivity contribution in [1.29, 1.82) is 0 Å². The highest BCUT2D eigenvalue weighted by atomic mass is 32.1. The summed E-state index contributed by atoms with van der Waals surface area (Å²) in [6.45, 7) is 4.50. The lowest BCUT2D eigenvalue weighted by molar-refractivity contribution is -0.133. The zero-order chi connectivity index (χ0) is 23.4. The molecule has 2 fully saturated rings. The van der Waals surface area contributed by atoms with Crippen molar-refractivity contribution in [1.82, 2.24) is 19.8 Å². The highest BCUT2D eigenvalue weighted by molar-refractivity contribution is 7.20. The molecule has 2 amide bonds. The van der Waals surface area contributed by atoms with Gasteiger partial charge in [0.05, 0.1) is 17.4 Å².